The van der Waals surface area contributed by atoms with Gasteiger partial charge >= 0.3 is 5.69 Å². The Bertz CT molecular complexity index is 442. The third kappa shape index (κ3) is 3.39. The van der Waals surface area contributed by atoms with Gasteiger partial charge in [0.2, 0.25) is 5.82 Å². The lowest BCUT2D eigenvalue weighted by atomic mass is 10.2. The van der Waals surface area contributed by atoms with E-state index in [4.69, 9.17) is 10.00 Å². The largest absolute Gasteiger partial charge is 0.380 e. The standard InChI is InChI=1S/C10H12N4O3/c1-2-17-6-5-13-10-9(14(15)16)8(7-11)3-4-12-10/h3-4H,2,5-6H2,1H3,(H,12,13). The summed E-state index contributed by atoms with van der Waals surface area (Å²) in [6.45, 7) is 3.26. The van der Waals surface area contributed by atoms with Crippen LogP contribution in [-0.4, -0.2) is 29.7 Å². The van der Waals surface area contributed by atoms with Crippen molar-refractivity contribution in [3.8, 4) is 6.07 Å². The third-order valence-electron chi connectivity index (χ3n) is 1.97. The first-order valence-electron chi connectivity index (χ1n) is 5.05. The van der Waals surface area contributed by atoms with Gasteiger partial charge < -0.3 is 10.1 Å². The summed E-state index contributed by atoms with van der Waals surface area (Å²) in [6.07, 6.45) is 1.36. The molecule has 0 aliphatic carbocycles. The van der Waals surface area contributed by atoms with E-state index in [9.17, 15) is 10.1 Å². The second kappa shape index (κ2) is 6.40. The van der Waals surface area contributed by atoms with Gasteiger partial charge in [-0.05, 0) is 13.0 Å². The molecule has 0 aliphatic rings. The summed E-state index contributed by atoms with van der Waals surface area (Å²) in [5.41, 5.74) is -0.310. The molecule has 90 valence electrons. The Morgan fingerprint density at radius 1 is 1.71 bits per heavy atom. The molecule has 1 aromatic heterocycles. The molecule has 0 fully saturated rings. The molecule has 0 aromatic carbocycles. The summed E-state index contributed by atoms with van der Waals surface area (Å²) in [5.74, 6) is 0.0914. The molecule has 7 nitrogen and oxygen atoms in total. The minimum atomic E-state index is -0.617. The summed E-state index contributed by atoms with van der Waals surface area (Å²) >= 11 is 0. The Morgan fingerprint density at radius 2 is 2.47 bits per heavy atom. The highest BCUT2D eigenvalue weighted by Crippen LogP contribution is 2.25. The van der Waals surface area contributed by atoms with Crippen LogP contribution in [0.4, 0.5) is 11.5 Å². The highest BCUT2D eigenvalue weighted by molar-refractivity contribution is 5.63. The number of rotatable bonds is 6. The summed E-state index contributed by atoms with van der Waals surface area (Å²) in [4.78, 5) is 14.1. The van der Waals surface area contributed by atoms with Crippen molar-refractivity contribution >= 4 is 11.5 Å². The van der Waals surface area contributed by atoms with Gasteiger partial charge in [-0.15, -0.1) is 0 Å². The molecule has 7 heteroatoms. The molecule has 0 atom stereocenters. The molecule has 0 unspecified atom stereocenters. The quantitative estimate of drug-likeness (QED) is 0.454. The van der Waals surface area contributed by atoms with Crippen LogP contribution in [0.15, 0.2) is 12.3 Å². The van der Waals surface area contributed by atoms with Gasteiger partial charge in [0.15, 0.2) is 0 Å². The molecule has 0 bridgehead atoms. The smallest absolute Gasteiger partial charge is 0.328 e. The third-order valence-corrected chi connectivity index (χ3v) is 1.97. The molecule has 1 N–H and O–H groups in total. The van der Waals surface area contributed by atoms with Crippen LogP contribution in [0.1, 0.15) is 12.5 Å². The monoisotopic (exact) mass is 236 g/mol. The zero-order chi connectivity index (χ0) is 12.7. The van der Waals surface area contributed by atoms with Gasteiger partial charge in [-0.1, -0.05) is 0 Å². The number of nitriles is 1. The highest BCUT2D eigenvalue weighted by atomic mass is 16.6. The Labute approximate surface area is 98.2 Å². The number of hydrogen-bond acceptors (Lipinski definition) is 6. The van der Waals surface area contributed by atoms with Gasteiger partial charge in [0.25, 0.3) is 0 Å². The Hall–Kier alpha value is -2.20. The Balaban J connectivity index is 2.84. The number of ether oxygens (including phenoxy) is 1. The predicted molar refractivity (Wildman–Crippen MR) is 60.6 cm³/mol. The van der Waals surface area contributed by atoms with E-state index in [1.165, 1.54) is 12.3 Å². The van der Waals surface area contributed by atoms with Crippen LogP contribution in [0.25, 0.3) is 0 Å². The van der Waals surface area contributed by atoms with Crippen LogP contribution < -0.4 is 5.32 Å². The topological polar surface area (TPSA) is 101 Å². The maximum atomic E-state index is 10.8. The lowest BCUT2D eigenvalue weighted by Gasteiger charge is -2.06. The zero-order valence-corrected chi connectivity index (χ0v) is 9.34. The fourth-order valence-electron chi connectivity index (χ4n) is 1.24. The summed E-state index contributed by atoms with van der Waals surface area (Å²) in [6, 6.07) is 3.08. The van der Waals surface area contributed by atoms with Crippen molar-refractivity contribution < 1.29 is 9.66 Å². The van der Waals surface area contributed by atoms with E-state index < -0.39 is 4.92 Å². The lowest BCUT2D eigenvalue weighted by Crippen LogP contribution is -2.12. The molecular weight excluding hydrogens is 224 g/mol. The van der Waals surface area contributed by atoms with Gasteiger partial charge in [-0.25, -0.2) is 4.98 Å². The second-order valence-corrected chi connectivity index (χ2v) is 3.05. The number of hydrogen-bond donors (Lipinski definition) is 1. The van der Waals surface area contributed by atoms with Crippen molar-refractivity contribution in [3.63, 3.8) is 0 Å². The number of nitro groups is 1. The molecular formula is C10H12N4O3. The van der Waals surface area contributed by atoms with Gasteiger partial charge in [0, 0.05) is 19.3 Å². The van der Waals surface area contributed by atoms with Gasteiger partial charge in [0.05, 0.1) is 11.5 Å². The van der Waals surface area contributed by atoms with E-state index in [1.807, 2.05) is 6.92 Å². The van der Waals surface area contributed by atoms with Crippen LogP contribution in [0.5, 0.6) is 0 Å². The lowest BCUT2D eigenvalue weighted by molar-refractivity contribution is -0.384. The van der Waals surface area contributed by atoms with Crippen molar-refractivity contribution in [2.75, 3.05) is 25.1 Å². The van der Waals surface area contributed by atoms with E-state index in [2.05, 4.69) is 10.3 Å². The normalized spacial score (nSPS) is 9.65. The molecule has 1 rings (SSSR count). The molecule has 0 spiro atoms. The van der Waals surface area contributed by atoms with E-state index in [1.54, 1.807) is 6.07 Å². The molecule has 17 heavy (non-hydrogen) atoms. The number of pyridine rings is 1. The van der Waals surface area contributed by atoms with Crippen molar-refractivity contribution in [3.05, 3.63) is 27.9 Å². The van der Waals surface area contributed by atoms with Crippen molar-refractivity contribution in [2.45, 2.75) is 6.92 Å². The van der Waals surface area contributed by atoms with Crippen molar-refractivity contribution in [2.24, 2.45) is 0 Å². The molecule has 0 amide bonds. The first-order valence-corrected chi connectivity index (χ1v) is 5.05. The minimum absolute atomic E-state index is 0.0103. The number of anilines is 1. The van der Waals surface area contributed by atoms with Crippen LogP contribution in [-0.2, 0) is 4.74 Å². The number of nitrogens with one attached hydrogen (secondary N) is 1. The average molecular weight is 236 g/mol. The molecule has 0 saturated carbocycles. The van der Waals surface area contributed by atoms with Gasteiger partial charge in [-0.3, -0.25) is 10.1 Å². The van der Waals surface area contributed by atoms with E-state index in [0.717, 1.165) is 0 Å². The minimum Gasteiger partial charge on any atom is -0.380 e. The Kier molecular flexibility index (Phi) is 4.84. The molecule has 0 aliphatic heterocycles. The average Bonchev–Trinajstić information content (AvgIpc) is 2.33. The SMILES string of the molecule is CCOCCNc1nccc(C#N)c1[N+](=O)[O-]. The summed E-state index contributed by atoms with van der Waals surface area (Å²) in [5, 5.41) is 22.4. The second-order valence-electron chi connectivity index (χ2n) is 3.05. The predicted octanol–water partition coefficient (Wildman–Crippen LogP) is 1.31. The summed E-state index contributed by atoms with van der Waals surface area (Å²) < 4.78 is 5.09. The first kappa shape index (κ1) is 12.9. The van der Waals surface area contributed by atoms with E-state index in [0.29, 0.717) is 19.8 Å². The molecule has 1 aromatic rings. The fraction of sp³-hybridized carbons (Fsp3) is 0.400. The van der Waals surface area contributed by atoms with Crippen molar-refractivity contribution in [1.29, 1.82) is 5.26 Å². The maximum Gasteiger partial charge on any atom is 0.328 e. The zero-order valence-electron chi connectivity index (χ0n) is 9.34. The van der Waals surface area contributed by atoms with Crippen LogP contribution >= 0.6 is 0 Å². The van der Waals surface area contributed by atoms with Gasteiger partial charge in [-0.2, -0.15) is 5.26 Å². The highest BCUT2D eigenvalue weighted by Gasteiger charge is 2.20. The number of aromatic nitrogens is 1. The van der Waals surface area contributed by atoms with Crippen LogP contribution in [0.2, 0.25) is 0 Å². The van der Waals surface area contributed by atoms with Crippen LogP contribution in [0, 0.1) is 21.4 Å². The number of nitrogens with zero attached hydrogens (tertiary/aromatic N) is 3. The maximum absolute atomic E-state index is 10.8. The van der Waals surface area contributed by atoms with Crippen molar-refractivity contribution in [1.82, 2.24) is 4.98 Å². The van der Waals surface area contributed by atoms with E-state index in [-0.39, 0.29) is 17.1 Å². The van der Waals surface area contributed by atoms with Gasteiger partial charge in [0.1, 0.15) is 11.6 Å². The fourth-order valence-corrected chi connectivity index (χ4v) is 1.24. The molecule has 0 saturated heterocycles. The first-order chi connectivity index (χ1) is 8.20. The van der Waals surface area contributed by atoms with E-state index >= 15 is 0 Å². The molecule has 0 radical (unpaired) electrons. The van der Waals surface area contributed by atoms with Crippen LogP contribution in [0.3, 0.4) is 0 Å². The molecule has 1 heterocycles. The summed E-state index contributed by atoms with van der Waals surface area (Å²) in [7, 11) is 0. The Morgan fingerprint density at radius 3 is 3.06 bits per heavy atom.